The van der Waals surface area contributed by atoms with Crippen molar-refractivity contribution in [1.29, 1.82) is 5.26 Å². The van der Waals surface area contributed by atoms with Gasteiger partial charge in [0.25, 0.3) is 5.91 Å². The second kappa shape index (κ2) is 9.10. The lowest BCUT2D eigenvalue weighted by molar-refractivity contribution is 0.0939. The van der Waals surface area contributed by atoms with Gasteiger partial charge in [-0.05, 0) is 35.7 Å². The van der Waals surface area contributed by atoms with Crippen LogP contribution in [-0.2, 0) is 22.0 Å². The summed E-state index contributed by atoms with van der Waals surface area (Å²) in [4.78, 5) is 24.0. The smallest absolute Gasteiger partial charge is 0.253 e. The molecule has 0 atom stereocenters. The summed E-state index contributed by atoms with van der Waals surface area (Å²) in [7, 11) is -3.61. The molecule has 7 nitrogen and oxygen atoms in total. The molecule has 0 radical (unpaired) electrons. The number of nitrogens with one attached hydrogen (secondary N) is 1. The Balaban J connectivity index is 2.25. The maximum absolute atomic E-state index is 13.3. The fourth-order valence-electron chi connectivity index (χ4n) is 2.71. The SMILES string of the molecule is N#CCNC(=O)c1c(CCS(=O)(=O)Cc2cccc(F)c2)cccc1C(N)=O. The molecular weight excluding hydrogens is 385 g/mol. The molecule has 0 aliphatic carbocycles. The molecule has 0 aromatic heterocycles. The summed E-state index contributed by atoms with van der Waals surface area (Å²) in [6.45, 7) is -0.275. The maximum atomic E-state index is 13.3. The van der Waals surface area contributed by atoms with Gasteiger partial charge >= 0.3 is 0 Å². The van der Waals surface area contributed by atoms with Crippen LogP contribution in [0.4, 0.5) is 4.39 Å². The van der Waals surface area contributed by atoms with Gasteiger partial charge in [0.2, 0.25) is 5.91 Å². The number of carbonyl (C=O) groups is 2. The second-order valence-electron chi connectivity index (χ2n) is 6.02. The van der Waals surface area contributed by atoms with Gasteiger partial charge in [-0.25, -0.2) is 12.8 Å². The molecule has 0 fully saturated rings. The van der Waals surface area contributed by atoms with Crippen LogP contribution in [0.1, 0.15) is 31.8 Å². The topological polar surface area (TPSA) is 130 Å². The summed E-state index contributed by atoms with van der Waals surface area (Å²) in [6.07, 6.45) is -0.0475. The van der Waals surface area contributed by atoms with E-state index in [2.05, 4.69) is 5.32 Å². The number of carbonyl (C=O) groups excluding carboxylic acids is 2. The number of amides is 2. The number of hydrogen-bond donors (Lipinski definition) is 2. The predicted octanol–water partition coefficient (Wildman–Crippen LogP) is 1.34. The van der Waals surface area contributed by atoms with E-state index in [1.807, 2.05) is 0 Å². The van der Waals surface area contributed by atoms with Gasteiger partial charge in [-0.1, -0.05) is 24.3 Å². The summed E-state index contributed by atoms with van der Waals surface area (Å²) >= 11 is 0. The quantitative estimate of drug-likeness (QED) is 0.642. The van der Waals surface area contributed by atoms with E-state index in [9.17, 15) is 22.4 Å². The molecule has 0 saturated carbocycles. The predicted molar refractivity (Wildman–Crippen MR) is 101 cm³/mol. The maximum Gasteiger partial charge on any atom is 0.253 e. The third-order valence-corrected chi connectivity index (χ3v) is 5.53. The first-order chi connectivity index (χ1) is 13.2. The van der Waals surface area contributed by atoms with Gasteiger partial charge in [0.05, 0.1) is 28.7 Å². The molecule has 28 heavy (non-hydrogen) atoms. The number of sulfone groups is 1. The minimum atomic E-state index is -3.61. The molecule has 0 aliphatic heterocycles. The molecular formula is C19H18FN3O4S. The molecule has 146 valence electrons. The molecule has 0 bridgehead atoms. The van der Waals surface area contributed by atoms with E-state index in [1.165, 1.54) is 36.4 Å². The number of primary amides is 1. The average molecular weight is 403 g/mol. The monoisotopic (exact) mass is 403 g/mol. The van der Waals surface area contributed by atoms with E-state index >= 15 is 0 Å². The number of aryl methyl sites for hydroxylation is 1. The van der Waals surface area contributed by atoms with Crippen LogP contribution < -0.4 is 11.1 Å². The summed E-state index contributed by atoms with van der Waals surface area (Å²) in [5.74, 6) is -2.72. The minimum Gasteiger partial charge on any atom is -0.366 e. The van der Waals surface area contributed by atoms with E-state index in [0.29, 0.717) is 11.1 Å². The zero-order valence-electron chi connectivity index (χ0n) is 14.8. The van der Waals surface area contributed by atoms with Crippen molar-refractivity contribution >= 4 is 21.7 Å². The van der Waals surface area contributed by atoms with E-state index < -0.39 is 27.5 Å². The highest BCUT2D eigenvalue weighted by Crippen LogP contribution is 2.18. The van der Waals surface area contributed by atoms with Crippen LogP contribution in [0.3, 0.4) is 0 Å². The summed E-state index contributed by atoms with van der Waals surface area (Å²) in [6, 6.07) is 11.4. The standard InChI is InChI=1S/C19H18FN3O4S/c20-15-5-1-3-13(11-15)12-28(26,27)10-7-14-4-2-6-16(18(22)24)17(14)19(25)23-9-8-21/h1-6,11H,7,9-10,12H2,(H2,22,24)(H,23,25). The normalized spacial score (nSPS) is 10.9. The summed E-state index contributed by atoms with van der Waals surface area (Å²) < 4.78 is 38.0. The first kappa shape index (κ1) is 21.1. The minimum absolute atomic E-state index is 0.0475. The Morgan fingerprint density at radius 3 is 2.54 bits per heavy atom. The van der Waals surface area contributed by atoms with Crippen molar-refractivity contribution in [3.8, 4) is 6.07 Å². The number of nitrogens with two attached hydrogens (primary N) is 1. The van der Waals surface area contributed by atoms with Gasteiger partial charge in [-0.3, -0.25) is 9.59 Å². The molecule has 9 heteroatoms. The number of hydrogen-bond acceptors (Lipinski definition) is 5. The lowest BCUT2D eigenvalue weighted by Gasteiger charge is -2.13. The van der Waals surface area contributed by atoms with Crippen LogP contribution >= 0.6 is 0 Å². The number of rotatable bonds is 8. The van der Waals surface area contributed by atoms with Crippen LogP contribution in [0.15, 0.2) is 42.5 Å². The summed E-state index contributed by atoms with van der Waals surface area (Å²) in [5.41, 5.74) is 5.83. The van der Waals surface area contributed by atoms with Gasteiger partial charge in [0.1, 0.15) is 12.4 Å². The highest BCUT2D eigenvalue weighted by atomic mass is 32.2. The van der Waals surface area contributed by atoms with Crippen LogP contribution in [0.25, 0.3) is 0 Å². The Morgan fingerprint density at radius 1 is 1.18 bits per heavy atom. The van der Waals surface area contributed by atoms with E-state index in [-0.39, 0.29) is 35.6 Å². The first-order valence-corrected chi connectivity index (χ1v) is 10.1. The van der Waals surface area contributed by atoms with Gasteiger partial charge in [0, 0.05) is 0 Å². The highest BCUT2D eigenvalue weighted by molar-refractivity contribution is 7.90. The van der Waals surface area contributed by atoms with E-state index in [4.69, 9.17) is 11.0 Å². The van der Waals surface area contributed by atoms with Crippen molar-refractivity contribution in [3.63, 3.8) is 0 Å². The van der Waals surface area contributed by atoms with Crippen LogP contribution in [-0.4, -0.2) is 32.5 Å². The largest absolute Gasteiger partial charge is 0.366 e. The Hall–Kier alpha value is -3.25. The third-order valence-electron chi connectivity index (χ3n) is 3.93. The first-order valence-electron chi connectivity index (χ1n) is 8.25. The van der Waals surface area contributed by atoms with Crippen molar-refractivity contribution in [1.82, 2.24) is 5.32 Å². The second-order valence-corrected chi connectivity index (χ2v) is 8.20. The molecule has 0 spiro atoms. The lowest BCUT2D eigenvalue weighted by Crippen LogP contribution is -2.29. The van der Waals surface area contributed by atoms with E-state index in [1.54, 1.807) is 6.07 Å². The molecule has 0 aliphatic rings. The Bertz CT molecular complexity index is 1050. The van der Waals surface area contributed by atoms with Crippen molar-refractivity contribution < 1.29 is 22.4 Å². The average Bonchev–Trinajstić information content (AvgIpc) is 2.63. The van der Waals surface area contributed by atoms with Gasteiger partial charge in [-0.2, -0.15) is 5.26 Å². The van der Waals surface area contributed by atoms with Gasteiger partial charge in [-0.15, -0.1) is 0 Å². The van der Waals surface area contributed by atoms with Crippen LogP contribution in [0, 0.1) is 17.1 Å². The number of halogens is 1. The number of nitrogens with zero attached hydrogens (tertiary/aromatic N) is 1. The number of benzene rings is 2. The van der Waals surface area contributed by atoms with Crippen LogP contribution in [0.5, 0.6) is 0 Å². The molecule has 0 unspecified atom stereocenters. The highest BCUT2D eigenvalue weighted by Gasteiger charge is 2.21. The van der Waals surface area contributed by atoms with E-state index in [0.717, 1.165) is 6.07 Å². The van der Waals surface area contributed by atoms with Crippen molar-refractivity contribution in [2.45, 2.75) is 12.2 Å². The van der Waals surface area contributed by atoms with Crippen molar-refractivity contribution in [2.24, 2.45) is 5.73 Å². The Kier molecular flexibility index (Phi) is 6.84. The zero-order valence-corrected chi connectivity index (χ0v) is 15.6. The molecule has 0 heterocycles. The Labute approximate surface area is 161 Å². The molecule has 2 rings (SSSR count). The zero-order chi connectivity index (χ0) is 20.7. The molecule has 3 N–H and O–H groups in total. The third kappa shape index (κ3) is 5.62. The molecule has 0 saturated heterocycles. The fraction of sp³-hybridized carbons (Fsp3) is 0.211. The molecule has 2 aromatic carbocycles. The van der Waals surface area contributed by atoms with Gasteiger partial charge < -0.3 is 11.1 Å². The summed E-state index contributed by atoms with van der Waals surface area (Å²) in [5, 5.41) is 10.9. The lowest BCUT2D eigenvalue weighted by atomic mass is 9.98. The van der Waals surface area contributed by atoms with Gasteiger partial charge in [0.15, 0.2) is 9.84 Å². The Morgan fingerprint density at radius 2 is 1.89 bits per heavy atom. The van der Waals surface area contributed by atoms with Crippen molar-refractivity contribution in [3.05, 3.63) is 70.5 Å². The van der Waals surface area contributed by atoms with Crippen LogP contribution in [0.2, 0.25) is 0 Å². The number of nitriles is 1. The van der Waals surface area contributed by atoms with Crippen molar-refractivity contribution in [2.75, 3.05) is 12.3 Å². The fourth-order valence-corrected chi connectivity index (χ4v) is 4.07. The molecule has 2 aromatic rings. The molecule has 2 amide bonds.